The molecule has 2 aromatic heterocycles. The topological polar surface area (TPSA) is 60.6 Å². The van der Waals surface area contributed by atoms with Crippen molar-refractivity contribution in [2.24, 2.45) is 0 Å². The molecule has 1 saturated heterocycles. The average molecular weight is 301 g/mol. The first-order valence-electron chi connectivity index (χ1n) is 8.50. The average Bonchev–Trinajstić information content (AvgIpc) is 3.14. The third-order valence-corrected chi connectivity index (χ3v) is 4.79. The van der Waals surface area contributed by atoms with Gasteiger partial charge < -0.3 is 4.98 Å². The summed E-state index contributed by atoms with van der Waals surface area (Å²) < 4.78 is 0. The fourth-order valence-corrected chi connectivity index (χ4v) is 3.49. The van der Waals surface area contributed by atoms with E-state index in [4.69, 9.17) is 4.98 Å². The Morgan fingerprint density at radius 2 is 2.18 bits per heavy atom. The Morgan fingerprint density at radius 1 is 1.32 bits per heavy atom. The van der Waals surface area contributed by atoms with E-state index in [1.54, 1.807) is 0 Å². The molecule has 3 rings (SSSR count). The van der Waals surface area contributed by atoms with E-state index < -0.39 is 0 Å². The summed E-state index contributed by atoms with van der Waals surface area (Å²) in [7, 11) is 0. The van der Waals surface area contributed by atoms with Crippen LogP contribution in [-0.4, -0.2) is 38.2 Å². The number of piperidine rings is 1. The number of aryl methyl sites for hydroxylation is 3. The first-order chi connectivity index (χ1) is 10.7. The van der Waals surface area contributed by atoms with Gasteiger partial charge in [0.1, 0.15) is 5.82 Å². The van der Waals surface area contributed by atoms with Crippen molar-refractivity contribution < 1.29 is 0 Å². The number of imidazole rings is 1. The molecule has 1 aliphatic heterocycles. The number of aromatic nitrogens is 4. The van der Waals surface area contributed by atoms with Gasteiger partial charge in [-0.15, -0.1) is 0 Å². The summed E-state index contributed by atoms with van der Waals surface area (Å²) in [6.07, 6.45) is 6.51. The van der Waals surface area contributed by atoms with Crippen LogP contribution in [0.2, 0.25) is 0 Å². The van der Waals surface area contributed by atoms with Crippen LogP contribution in [0.4, 0.5) is 0 Å². The molecule has 22 heavy (non-hydrogen) atoms. The van der Waals surface area contributed by atoms with Crippen molar-refractivity contribution in [3.63, 3.8) is 0 Å². The lowest BCUT2D eigenvalue weighted by Crippen LogP contribution is -2.34. The Bertz CT molecular complexity index is 612. The number of rotatable bonds is 5. The molecular weight excluding hydrogens is 274 g/mol. The van der Waals surface area contributed by atoms with Crippen LogP contribution in [0.25, 0.3) is 0 Å². The van der Waals surface area contributed by atoms with Crippen molar-refractivity contribution in [1.29, 1.82) is 0 Å². The van der Waals surface area contributed by atoms with E-state index >= 15 is 0 Å². The quantitative estimate of drug-likeness (QED) is 0.892. The van der Waals surface area contributed by atoms with Crippen molar-refractivity contribution in [2.75, 3.05) is 13.1 Å². The summed E-state index contributed by atoms with van der Waals surface area (Å²) in [5.41, 5.74) is 5.14. The number of hydrogen-bond donors (Lipinski definition) is 2. The predicted molar refractivity (Wildman–Crippen MR) is 87.9 cm³/mol. The maximum atomic E-state index is 4.73. The van der Waals surface area contributed by atoms with Gasteiger partial charge in [-0.25, -0.2) is 4.98 Å². The van der Waals surface area contributed by atoms with Crippen molar-refractivity contribution >= 4 is 0 Å². The fraction of sp³-hybridized carbons (Fsp3) is 0.647. The van der Waals surface area contributed by atoms with Crippen LogP contribution in [-0.2, 0) is 19.4 Å². The molecule has 3 heterocycles. The second kappa shape index (κ2) is 6.65. The molecule has 0 aromatic carbocycles. The molecule has 0 amide bonds. The highest BCUT2D eigenvalue weighted by Gasteiger charge is 2.25. The lowest BCUT2D eigenvalue weighted by atomic mass is 9.92. The van der Waals surface area contributed by atoms with Crippen molar-refractivity contribution in [3.05, 3.63) is 34.7 Å². The third-order valence-electron chi connectivity index (χ3n) is 4.79. The van der Waals surface area contributed by atoms with Crippen LogP contribution in [0.1, 0.15) is 61.1 Å². The summed E-state index contributed by atoms with van der Waals surface area (Å²) in [6.45, 7) is 9.70. The molecule has 5 heteroatoms. The minimum atomic E-state index is 0.580. The molecule has 1 atom stereocenters. The second-order valence-electron chi connectivity index (χ2n) is 6.35. The molecule has 120 valence electrons. The fourth-order valence-electron chi connectivity index (χ4n) is 3.49. The molecule has 0 radical (unpaired) electrons. The van der Waals surface area contributed by atoms with Gasteiger partial charge in [-0.05, 0) is 38.3 Å². The molecule has 5 nitrogen and oxygen atoms in total. The molecule has 0 saturated carbocycles. The van der Waals surface area contributed by atoms with Gasteiger partial charge in [0.25, 0.3) is 0 Å². The SMILES string of the molecule is CCc1nc(CN2CCCC(c3[nH]ncc3CC)C2)c(C)[nH]1. The van der Waals surface area contributed by atoms with Crippen molar-refractivity contribution in [1.82, 2.24) is 25.1 Å². The first kappa shape index (κ1) is 15.3. The van der Waals surface area contributed by atoms with Gasteiger partial charge in [-0.3, -0.25) is 10.00 Å². The van der Waals surface area contributed by atoms with E-state index in [0.717, 1.165) is 31.8 Å². The standard InChI is InChI=1S/C17H27N5/c1-4-13-9-18-21-17(13)14-7-6-8-22(10-14)11-15-12(3)19-16(5-2)20-15/h9,14H,4-8,10-11H2,1-3H3,(H,18,21)(H,19,20). The third kappa shape index (κ3) is 3.09. The molecule has 1 unspecified atom stereocenters. The summed E-state index contributed by atoms with van der Waals surface area (Å²) >= 11 is 0. The Morgan fingerprint density at radius 3 is 2.91 bits per heavy atom. The molecule has 2 aromatic rings. The highest BCUT2D eigenvalue weighted by atomic mass is 15.2. The first-order valence-corrected chi connectivity index (χ1v) is 8.50. The summed E-state index contributed by atoms with van der Waals surface area (Å²) in [5.74, 6) is 1.68. The zero-order chi connectivity index (χ0) is 15.5. The number of aromatic amines is 2. The van der Waals surface area contributed by atoms with Crippen LogP contribution >= 0.6 is 0 Å². The second-order valence-corrected chi connectivity index (χ2v) is 6.35. The molecule has 1 aliphatic rings. The maximum Gasteiger partial charge on any atom is 0.106 e. The van der Waals surface area contributed by atoms with E-state index in [2.05, 4.69) is 40.9 Å². The van der Waals surface area contributed by atoms with Crippen LogP contribution < -0.4 is 0 Å². The largest absolute Gasteiger partial charge is 0.346 e. The summed E-state index contributed by atoms with van der Waals surface area (Å²) in [5, 5.41) is 7.48. The van der Waals surface area contributed by atoms with E-state index in [1.165, 1.54) is 42.0 Å². The number of likely N-dealkylation sites (tertiary alicyclic amines) is 1. The minimum absolute atomic E-state index is 0.580. The Kier molecular flexibility index (Phi) is 4.62. The zero-order valence-corrected chi connectivity index (χ0v) is 13.9. The van der Waals surface area contributed by atoms with Crippen molar-refractivity contribution in [2.45, 2.75) is 58.9 Å². The maximum absolute atomic E-state index is 4.73. The van der Waals surface area contributed by atoms with Crippen LogP contribution in [0.3, 0.4) is 0 Å². The summed E-state index contributed by atoms with van der Waals surface area (Å²) in [4.78, 5) is 10.7. The van der Waals surface area contributed by atoms with Gasteiger partial charge in [0, 0.05) is 36.8 Å². The molecule has 1 fully saturated rings. The molecule has 0 spiro atoms. The smallest absolute Gasteiger partial charge is 0.106 e. The normalized spacial score (nSPS) is 19.7. The highest BCUT2D eigenvalue weighted by molar-refractivity contribution is 5.21. The number of nitrogens with zero attached hydrogens (tertiary/aromatic N) is 3. The molecule has 0 aliphatic carbocycles. The highest BCUT2D eigenvalue weighted by Crippen LogP contribution is 2.28. The van der Waals surface area contributed by atoms with E-state index in [0.29, 0.717) is 5.92 Å². The monoisotopic (exact) mass is 301 g/mol. The number of hydrogen-bond acceptors (Lipinski definition) is 3. The zero-order valence-electron chi connectivity index (χ0n) is 13.9. The van der Waals surface area contributed by atoms with Gasteiger partial charge in [0.15, 0.2) is 0 Å². The van der Waals surface area contributed by atoms with Crippen LogP contribution in [0.5, 0.6) is 0 Å². The molecule has 2 N–H and O–H groups in total. The van der Waals surface area contributed by atoms with E-state index in [-0.39, 0.29) is 0 Å². The summed E-state index contributed by atoms with van der Waals surface area (Å²) in [6, 6.07) is 0. The Hall–Kier alpha value is -1.62. The van der Waals surface area contributed by atoms with Crippen molar-refractivity contribution in [3.8, 4) is 0 Å². The van der Waals surface area contributed by atoms with E-state index in [1.807, 2.05) is 6.20 Å². The lowest BCUT2D eigenvalue weighted by molar-refractivity contribution is 0.196. The van der Waals surface area contributed by atoms with E-state index in [9.17, 15) is 0 Å². The molecular formula is C17H27N5. The Labute approximate surface area is 132 Å². The van der Waals surface area contributed by atoms with Gasteiger partial charge in [-0.2, -0.15) is 5.10 Å². The Balaban J connectivity index is 1.69. The van der Waals surface area contributed by atoms with Gasteiger partial charge in [0.05, 0.1) is 11.9 Å². The minimum Gasteiger partial charge on any atom is -0.346 e. The van der Waals surface area contributed by atoms with Gasteiger partial charge in [-0.1, -0.05) is 13.8 Å². The molecule has 0 bridgehead atoms. The number of nitrogens with one attached hydrogen (secondary N) is 2. The lowest BCUT2D eigenvalue weighted by Gasteiger charge is -2.32. The van der Waals surface area contributed by atoms with Crippen LogP contribution in [0.15, 0.2) is 6.20 Å². The van der Waals surface area contributed by atoms with Gasteiger partial charge >= 0.3 is 0 Å². The van der Waals surface area contributed by atoms with Gasteiger partial charge in [0.2, 0.25) is 0 Å². The predicted octanol–water partition coefficient (Wildman–Crippen LogP) is 2.95. The number of H-pyrrole nitrogens is 2. The van der Waals surface area contributed by atoms with Crippen LogP contribution in [0, 0.1) is 6.92 Å².